The smallest absolute Gasteiger partial charge is 0.253 e. The van der Waals surface area contributed by atoms with Crippen LogP contribution in [0, 0.1) is 6.57 Å². The van der Waals surface area contributed by atoms with Gasteiger partial charge in [0.2, 0.25) is 5.69 Å². The van der Waals surface area contributed by atoms with Crippen molar-refractivity contribution < 1.29 is 13.2 Å². The van der Waals surface area contributed by atoms with E-state index in [4.69, 9.17) is 17.3 Å². The van der Waals surface area contributed by atoms with Gasteiger partial charge in [-0.15, -0.1) is 0 Å². The van der Waals surface area contributed by atoms with Crippen molar-refractivity contribution in [1.29, 1.82) is 0 Å². The van der Waals surface area contributed by atoms with Crippen molar-refractivity contribution in [2.24, 2.45) is 0 Å². The van der Waals surface area contributed by atoms with Crippen LogP contribution in [0.3, 0.4) is 0 Å². The van der Waals surface area contributed by atoms with E-state index in [1.54, 1.807) is 14.1 Å². The fourth-order valence-electron chi connectivity index (χ4n) is 1.19. The summed E-state index contributed by atoms with van der Waals surface area (Å²) in [5.74, 6) is -0.358. The lowest BCUT2D eigenvalue weighted by molar-refractivity contribution is 0.0827. The molecule has 0 aromatic heterocycles. The first kappa shape index (κ1) is 13.5. The summed E-state index contributed by atoms with van der Waals surface area (Å²) in [6, 6.07) is 3.76. The molecule has 1 amide bonds. The van der Waals surface area contributed by atoms with Gasteiger partial charge in [-0.2, -0.15) is 0 Å². The summed E-state index contributed by atoms with van der Waals surface area (Å²) in [4.78, 5) is 15.6. The number of halogens is 1. The van der Waals surface area contributed by atoms with Crippen molar-refractivity contribution in [2.45, 2.75) is 4.90 Å². The van der Waals surface area contributed by atoms with E-state index in [9.17, 15) is 13.2 Å². The Morgan fingerprint density at radius 3 is 2.41 bits per heavy atom. The predicted octanol–water partition coefficient (Wildman–Crippen LogP) is 1.87. The molecule has 0 heterocycles. The Morgan fingerprint density at radius 2 is 2.00 bits per heavy atom. The minimum atomic E-state index is -4.04. The normalized spacial score (nSPS) is 10.7. The molecule has 0 aliphatic rings. The third-order valence-electron chi connectivity index (χ3n) is 2.00. The zero-order valence-corrected chi connectivity index (χ0v) is 10.7. The highest BCUT2D eigenvalue weighted by molar-refractivity contribution is 8.13. The molecular weight excluding hydrogens is 264 g/mol. The number of hydrogen-bond acceptors (Lipinski definition) is 3. The van der Waals surface area contributed by atoms with Crippen molar-refractivity contribution in [3.8, 4) is 0 Å². The Kier molecular flexibility index (Phi) is 3.76. The molecule has 0 spiro atoms. The van der Waals surface area contributed by atoms with E-state index in [0.29, 0.717) is 0 Å². The second-order valence-electron chi connectivity index (χ2n) is 3.43. The molecule has 0 unspecified atom stereocenters. The first-order valence-electron chi connectivity index (χ1n) is 4.45. The van der Waals surface area contributed by atoms with Crippen LogP contribution in [0.5, 0.6) is 0 Å². The summed E-state index contributed by atoms with van der Waals surface area (Å²) in [6.07, 6.45) is 0. The standard InChI is InChI=1S/C10H9ClN2O3S/c1-12-8-5-4-7(10(14)13(2)3)6-9(8)17(11,15)16/h4-6H,2-3H3. The Morgan fingerprint density at radius 1 is 1.41 bits per heavy atom. The molecule has 7 heteroatoms. The van der Waals surface area contributed by atoms with Gasteiger partial charge in [-0.3, -0.25) is 4.79 Å². The SMILES string of the molecule is [C-]#[N+]c1ccc(C(=O)N(C)C)cc1S(=O)(=O)Cl. The van der Waals surface area contributed by atoms with E-state index in [1.165, 1.54) is 17.0 Å². The largest absolute Gasteiger partial charge is 0.345 e. The zero-order chi connectivity index (χ0) is 13.2. The Balaban J connectivity index is 3.45. The topological polar surface area (TPSA) is 58.8 Å². The van der Waals surface area contributed by atoms with Crippen LogP contribution in [0.1, 0.15) is 10.4 Å². The predicted molar refractivity (Wildman–Crippen MR) is 63.8 cm³/mol. The van der Waals surface area contributed by atoms with Gasteiger partial charge < -0.3 is 4.90 Å². The molecule has 17 heavy (non-hydrogen) atoms. The number of carbonyl (C=O) groups excluding carboxylic acids is 1. The van der Waals surface area contributed by atoms with E-state index in [1.807, 2.05) is 0 Å². The summed E-state index contributed by atoms with van der Waals surface area (Å²) >= 11 is 0. The van der Waals surface area contributed by atoms with Crippen LogP contribution in [0.15, 0.2) is 23.1 Å². The molecule has 0 radical (unpaired) electrons. The fraction of sp³-hybridized carbons (Fsp3) is 0.200. The van der Waals surface area contributed by atoms with Gasteiger partial charge in [0.05, 0.1) is 11.5 Å². The highest BCUT2D eigenvalue weighted by atomic mass is 35.7. The molecule has 5 nitrogen and oxygen atoms in total. The molecular formula is C10H9ClN2O3S. The summed E-state index contributed by atoms with van der Waals surface area (Å²) < 4.78 is 22.5. The number of nitrogens with zero attached hydrogens (tertiary/aromatic N) is 2. The van der Waals surface area contributed by atoms with Crippen LogP contribution >= 0.6 is 10.7 Å². The van der Waals surface area contributed by atoms with Gasteiger partial charge >= 0.3 is 0 Å². The molecule has 90 valence electrons. The molecule has 0 bridgehead atoms. The first-order valence-corrected chi connectivity index (χ1v) is 6.76. The number of hydrogen-bond donors (Lipinski definition) is 0. The number of rotatable bonds is 2. The molecule has 0 N–H and O–H groups in total. The number of amides is 1. The van der Waals surface area contributed by atoms with Gasteiger partial charge in [-0.1, -0.05) is 12.1 Å². The van der Waals surface area contributed by atoms with Crippen molar-refractivity contribution in [3.63, 3.8) is 0 Å². The summed E-state index contributed by atoms with van der Waals surface area (Å²) in [5.41, 5.74) is 0.0666. The highest BCUT2D eigenvalue weighted by Gasteiger charge is 2.19. The third-order valence-corrected chi connectivity index (χ3v) is 3.35. The maximum atomic E-state index is 11.6. The lowest BCUT2D eigenvalue weighted by atomic mass is 10.2. The second kappa shape index (κ2) is 4.73. The molecule has 0 saturated carbocycles. The third kappa shape index (κ3) is 2.96. The zero-order valence-electron chi connectivity index (χ0n) is 9.14. The monoisotopic (exact) mass is 272 g/mol. The minimum absolute atomic E-state index is 0.102. The maximum Gasteiger partial charge on any atom is 0.253 e. The highest BCUT2D eigenvalue weighted by Crippen LogP contribution is 2.28. The van der Waals surface area contributed by atoms with Crippen LogP contribution in [-0.4, -0.2) is 33.3 Å². The molecule has 1 aromatic carbocycles. The van der Waals surface area contributed by atoms with Crippen LogP contribution in [0.25, 0.3) is 4.85 Å². The van der Waals surface area contributed by atoms with Gasteiger partial charge in [0.25, 0.3) is 15.0 Å². The Labute approximate surface area is 104 Å². The molecule has 0 aliphatic heterocycles. The summed E-state index contributed by atoms with van der Waals surface area (Å²) in [7, 11) is 4.25. The van der Waals surface area contributed by atoms with Gasteiger partial charge in [0.15, 0.2) is 0 Å². The summed E-state index contributed by atoms with van der Waals surface area (Å²) in [6.45, 7) is 6.83. The number of carbonyl (C=O) groups is 1. The Bertz CT molecular complexity index is 602. The van der Waals surface area contributed by atoms with E-state index in [2.05, 4.69) is 4.85 Å². The quantitative estimate of drug-likeness (QED) is 0.610. The summed E-state index contributed by atoms with van der Waals surface area (Å²) in [5, 5.41) is 0. The van der Waals surface area contributed by atoms with Crippen molar-refractivity contribution in [1.82, 2.24) is 4.90 Å². The lowest BCUT2D eigenvalue weighted by Gasteiger charge is -2.11. The van der Waals surface area contributed by atoms with Crippen molar-refractivity contribution >= 4 is 31.3 Å². The Hall–Kier alpha value is -1.58. The maximum absolute atomic E-state index is 11.6. The van der Waals surface area contributed by atoms with Gasteiger partial charge in [-0.25, -0.2) is 13.3 Å². The molecule has 0 aliphatic carbocycles. The molecule has 0 fully saturated rings. The first-order chi connectivity index (χ1) is 7.77. The molecule has 1 rings (SSSR count). The van der Waals surface area contributed by atoms with Crippen LogP contribution in [0.4, 0.5) is 5.69 Å². The van der Waals surface area contributed by atoms with Crippen LogP contribution in [-0.2, 0) is 9.05 Å². The van der Waals surface area contributed by atoms with Gasteiger partial charge in [0, 0.05) is 30.3 Å². The fourth-order valence-corrected chi connectivity index (χ4v) is 2.20. The van der Waals surface area contributed by atoms with Crippen LogP contribution in [0.2, 0.25) is 0 Å². The second-order valence-corrected chi connectivity index (χ2v) is 5.97. The molecule has 0 atom stereocenters. The van der Waals surface area contributed by atoms with E-state index < -0.39 is 9.05 Å². The molecule has 0 saturated heterocycles. The average molecular weight is 273 g/mol. The number of benzene rings is 1. The van der Waals surface area contributed by atoms with Gasteiger partial charge in [0.1, 0.15) is 0 Å². The minimum Gasteiger partial charge on any atom is -0.345 e. The van der Waals surface area contributed by atoms with Crippen LogP contribution < -0.4 is 0 Å². The van der Waals surface area contributed by atoms with E-state index >= 15 is 0 Å². The van der Waals surface area contributed by atoms with Crippen molar-refractivity contribution in [2.75, 3.05) is 14.1 Å². The van der Waals surface area contributed by atoms with E-state index in [0.717, 1.165) is 6.07 Å². The average Bonchev–Trinajstić information content (AvgIpc) is 2.25. The van der Waals surface area contributed by atoms with Crippen molar-refractivity contribution in [3.05, 3.63) is 35.2 Å². The van der Waals surface area contributed by atoms with Gasteiger partial charge in [-0.05, 0) is 6.07 Å². The lowest BCUT2D eigenvalue weighted by Crippen LogP contribution is -2.21. The molecule has 1 aromatic rings. The van der Waals surface area contributed by atoms with E-state index in [-0.39, 0.29) is 22.1 Å².